The van der Waals surface area contributed by atoms with Crippen molar-refractivity contribution in [2.45, 2.75) is 58.8 Å². The molecule has 2 saturated heterocycles. The number of aromatic hydroxyl groups is 1. The summed E-state index contributed by atoms with van der Waals surface area (Å²) in [5, 5.41) is 9.42. The zero-order chi connectivity index (χ0) is 31.9. The lowest BCUT2D eigenvalue weighted by Crippen LogP contribution is -2.51. The normalized spacial score (nSPS) is 15.8. The number of phenols is 1. The number of carbonyl (C=O) groups is 4. The van der Waals surface area contributed by atoms with Gasteiger partial charge in [-0.2, -0.15) is 0 Å². The van der Waals surface area contributed by atoms with Crippen molar-refractivity contribution in [3.8, 4) is 5.75 Å². The Morgan fingerprint density at radius 3 is 1.41 bits per heavy atom. The average molecular weight is 615 g/mol. The Hall–Kier alpha value is -3.18. The smallest absolute Gasteiger partial charge is 0.223 e. The van der Waals surface area contributed by atoms with Gasteiger partial charge < -0.3 is 34.5 Å². The van der Waals surface area contributed by atoms with Gasteiger partial charge >= 0.3 is 0 Å². The summed E-state index contributed by atoms with van der Waals surface area (Å²) in [6.07, 6.45) is 4.50. The second-order valence-corrected chi connectivity index (χ2v) is 12.1. The molecular formula is C33H54N6O5. The average Bonchev–Trinajstić information content (AvgIpc) is 3.04. The molecule has 11 nitrogen and oxygen atoms in total. The molecule has 0 unspecified atom stereocenters. The molecule has 1 aromatic rings. The van der Waals surface area contributed by atoms with Crippen molar-refractivity contribution in [2.75, 3.05) is 92.1 Å². The number of rotatable bonds is 16. The number of carbonyl (C=O) groups excluding carboxylic acids is 4. The van der Waals surface area contributed by atoms with E-state index in [9.17, 15) is 24.3 Å². The van der Waals surface area contributed by atoms with Gasteiger partial charge in [0.2, 0.25) is 23.6 Å². The van der Waals surface area contributed by atoms with Crippen LogP contribution in [0.2, 0.25) is 0 Å². The van der Waals surface area contributed by atoms with Gasteiger partial charge in [0.25, 0.3) is 0 Å². The molecule has 246 valence electrons. The zero-order valence-electron chi connectivity index (χ0n) is 27.2. The number of likely N-dealkylation sites (N-methyl/N-ethyl adjacent to an activating group) is 1. The van der Waals surface area contributed by atoms with Crippen LogP contribution in [0.25, 0.3) is 0 Å². The second kappa shape index (κ2) is 18.6. The van der Waals surface area contributed by atoms with E-state index in [1.54, 1.807) is 12.1 Å². The Bertz CT molecular complexity index is 1050. The van der Waals surface area contributed by atoms with Crippen LogP contribution >= 0.6 is 0 Å². The van der Waals surface area contributed by atoms with Gasteiger partial charge in [-0.1, -0.05) is 26.0 Å². The van der Waals surface area contributed by atoms with E-state index in [1.165, 1.54) is 0 Å². The number of hydrogen-bond acceptors (Lipinski definition) is 7. The predicted molar refractivity (Wildman–Crippen MR) is 171 cm³/mol. The SMILES string of the molecule is CCCC(=O)N1CCN(C(=O)CCN(CCC)CCC(=O)N2CCN(C(=O)CCN(C)CCc3ccc(O)cc3)CC2)CC1. The predicted octanol–water partition coefficient (Wildman–Crippen LogP) is 1.89. The van der Waals surface area contributed by atoms with Crippen LogP contribution in [0, 0.1) is 0 Å². The van der Waals surface area contributed by atoms with Crippen molar-refractivity contribution in [3.05, 3.63) is 29.8 Å². The lowest BCUT2D eigenvalue weighted by atomic mass is 10.1. The van der Waals surface area contributed by atoms with E-state index in [0.29, 0.717) is 97.7 Å². The van der Waals surface area contributed by atoms with Gasteiger partial charge in [0.05, 0.1) is 0 Å². The maximum Gasteiger partial charge on any atom is 0.223 e. The van der Waals surface area contributed by atoms with Gasteiger partial charge in [-0.15, -0.1) is 0 Å². The quantitative estimate of drug-likeness (QED) is 0.303. The standard InChI is InChI=1S/C33H54N6O5/c1-4-6-30(41)36-20-22-38(23-21-36)32(43)13-18-35(15-5-2)19-14-33(44)39-26-24-37(25-27-39)31(42)12-17-34(3)16-11-28-7-9-29(40)10-8-28/h7-10,40H,4-6,11-27H2,1-3H3. The Morgan fingerprint density at radius 2 is 1.00 bits per heavy atom. The molecule has 1 aromatic carbocycles. The molecule has 0 atom stereocenters. The molecule has 44 heavy (non-hydrogen) atoms. The maximum atomic E-state index is 13.0. The minimum Gasteiger partial charge on any atom is -0.508 e. The lowest BCUT2D eigenvalue weighted by molar-refractivity contribution is -0.140. The lowest BCUT2D eigenvalue weighted by Gasteiger charge is -2.36. The molecule has 0 saturated carbocycles. The third-order valence-electron chi connectivity index (χ3n) is 8.68. The van der Waals surface area contributed by atoms with E-state index in [0.717, 1.165) is 37.9 Å². The van der Waals surface area contributed by atoms with Gasteiger partial charge in [0.1, 0.15) is 5.75 Å². The molecular weight excluding hydrogens is 560 g/mol. The first-order valence-corrected chi connectivity index (χ1v) is 16.5. The summed E-state index contributed by atoms with van der Waals surface area (Å²) >= 11 is 0. The summed E-state index contributed by atoms with van der Waals surface area (Å²) in [5.41, 5.74) is 1.15. The first-order chi connectivity index (χ1) is 21.2. The van der Waals surface area contributed by atoms with Crippen LogP contribution in [-0.2, 0) is 25.6 Å². The molecule has 2 fully saturated rings. The van der Waals surface area contributed by atoms with E-state index >= 15 is 0 Å². The van der Waals surface area contributed by atoms with Crippen molar-refractivity contribution in [1.29, 1.82) is 0 Å². The molecule has 4 amide bonds. The largest absolute Gasteiger partial charge is 0.508 e. The fourth-order valence-electron chi connectivity index (χ4n) is 5.80. The summed E-state index contributed by atoms with van der Waals surface area (Å²) in [6, 6.07) is 7.22. The number of benzene rings is 1. The summed E-state index contributed by atoms with van der Waals surface area (Å²) in [7, 11) is 2.01. The summed E-state index contributed by atoms with van der Waals surface area (Å²) in [5.74, 6) is 0.783. The van der Waals surface area contributed by atoms with E-state index < -0.39 is 0 Å². The van der Waals surface area contributed by atoms with Gasteiger partial charge in [0.15, 0.2) is 0 Å². The van der Waals surface area contributed by atoms with E-state index in [1.807, 2.05) is 45.7 Å². The fraction of sp³-hybridized carbons (Fsp3) is 0.697. The fourth-order valence-corrected chi connectivity index (χ4v) is 5.80. The van der Waals surface area contributed by atoms with Crippen LogP contribution in [0.3, 0.4) is 0 Å². The highest BCUT2D eigenvalue weighted by Crippen LogP contribution is 2.12. The molecule has 2 aliphatic rings. The van der Waals surface area contributed by atoms with Crippen LogP contribution in [0.15, 0.2) is 24.3 Å². The Morgan fingerprint density at radius 1 is 0.591 bits per heavy atom. The molecule has 0 aliphatic carbocycles. The number of hydrogen-bond donors (Lipinski definition) is 1. The minimum absolute atomic E-state index is 0.103. The molecule has 0 radical (unpaired) electrons. The molecule has 3 rings (SSSR count). The summed E-state index contributed by atoms with van der Waals surface area (Å²) < 4.78 is 0. The third kappa shape index (κ3) is 11.7. The molecule has 11 heteroatoms. The number of phenolic OH excluding ortho intramolecular Hbond substituents is 1. The van der Waals surface area contributed by atoms with E-state index in [-0.39, 0.29) is 29.4 Å². The van der Waals surface area contributed by atoms with Gasteiger partial charge in [0, 0.05) is 104 Å². The Labute approximate surface area is 263 Å². The first kappa shape index (κ1) is 35.3. The molecule has 2 heterocycles. The first-order valence-electron chi connectivity index (χ1n) is 16.5. The van der Waals surface area contributed by atoms with Crippen LogP contribution < -0.4 is 0 Å². The Kier molecular flexibility index (Phi) is 14.9. The summed E-state index contributed by atoms with van der Waals surface area (Å²) in [6.45, 7) is 12.3. The summed E-state index contributed by atoms with van der Waals surface area (Å²) in [4.78, 5) is 62.6. The molecule has 2 aliphatic heterocycles. The molecule has 0 aromatic heterocycles. The van der Waals surface area contributed by atoms with E-state index in [4.69, 9.17) is 0 Å². The monoisotopic (exact) mass is 614 g/mol. The molecule has 0 bridgehead atoms. The van der Waals surface area contributed by atoms with Crippen LogP contribution in [-0.4, -0.2) is 150 Å². The van der Waals surface area contributed by atoms with Crippen molar-refractivity contribution < 1.29 is 24.3 Å². The highest BCUT2D eigenvalue weighted by atomic mass is 16.3. The van der Waals surface area contributed by atoms with Crippen LogP contribution in [0.5, 0.6) is 5.75 Å². The minimum atomic E-state index is 0.103. The number of amides is 4. The van der Waals surface area contributed by atoms with E-state index in [2.05, 4.69) is 16.7 Å². The van der Waals surface area contributed by atoms with Gasteiger partial charge in [-0.25, -0.2) is 0 Å². The van der Waals surface area contributed by atoms with Crippen LogP contribution in [0.1, 0.15) is 57.9 Å². The van der Waals surface area contributed by atoms with Crippen molar-refractivity contribution in [2.24, 2.45) is 0 Å². The second-order valence-electron chi connectivity index (χ2n) is 12.1. The molecule has 0 spiro atoms. The van der Waals surface area contributed by atoms with Crippen molar-refractivity contribution in [3.63, 3.8) is 0 Å². The Balaban J connectivity index is 1.30. The zero-order valence-corrected chi connectivity index (χ0v) is 27.2. The highest BCUT2D eigenvalue weighted by Gasteiger charge is 2.26. The van der Waals surface area contributed by atoms with Gasteiger partial charge in [-0.05, 0) is 50.6 Å². The molecule has 1 N–H and O–H groups in total. The topological polar surface area (TPSA) is 108 Å². The highest BCUT2D eigenvalue weighted by molar-refractivity contribution is 5.79. The maximum absolute atomic E-state index is 13.0. The van der Waals surface area contributed by atoms with Crippen molar-refractivity contribution >= 4 is 23.6 Å². The van der Waals surface area contributed by atoms with Crippen LogP contribution in [0.4, 0.5) is 0 Å². The van der Waals surface area contributed by atoms with Gasteiger partial charge in [-0.3, -0.25) is 19.2 Å². The number of piperazine rings is 2. The van der Waals surface area contributed by atoms with Crippen molar-refractivity contribution in [1.82, 2.24) is 29.4 Å². The third-order valence-corrected chi connectivity index (χ3v) is 8.68. The number of nitrogens with zero attached hydrogens (tertiary/aromatic N) is 6.